The topological polar surface area (TPSA) is 110 Å². The highest BCUT2D eigenvalue weighted by atomic mass is 32.2. The lowest BCUT2D eigenvalue weighted by molar-refractivity contribution is 0.102. The molecule has 0 saturated heterocycles. The van der Waals surface area contributed by atoms with Crippen LogP contribution in [0.2, 0.25) is 0 Å². The number of aryl methyl sites for hydroxylation is 3. The Morgan fingerprint density at radius 2 is 1.66 bits per heavy atom. The molecule has 0 bridgehead atoms. The summed E-state index contributed by atoms with van der Waals surface area (Å²) in [6.07, 6.45) is 0. The van der Waals surface area contributed by atoms with E-state index in [-0.39, 0.29) is 10.5 Å². The third-order valence-electron chi connectivity index (χ3n) is 5.35. The normalized spacial score (nSPS) is 11.2. The second kappa shape index (κ2) is 9.85. The maximum Gasteiger partial charge on any atom is 0.262 e. The Balaban J connectivity index is 1.54. The molecule has 8 nitrogen and oxygen atoms in total. The van der Waals surface area contributed by atoms with E-state index in [0.29, 0.717) is 21.4 Å². The summed E-state index contributed by atoms with van der Waals surface area (Å²) in [5, 5.41) is 11.8. The zero-order valence-electron chi connectivity index (χ0n) is 19.6. The first-order chi connectivity index (χ1) is 16.7. The summed E-state index contributed by atoms with van der Waals surface area (Å²) in [5.74, 6) is 0.245. The van der Waals surface area contributed by atoms with Gasteiger partial charge in [0.1, 0.15) is 10.8 Å². The first-order valence-corrected chi connectivity index (χ1v) is 13.0. The van der Waals surface area contributed by atoms with Gasteiger partial charge in [-0.15, -0.1) is 10.2 Å². The van der Waals surface area contributed by atoms with Crippen LogP contribution in [0, 0.1) is 20.8 Å². The predicted octanol–water partition coefficient (Wildman–Crippen LogP) is 5.19. The molecule has 0 aliphatic carbocycles. The smallest absolute Gasteiger partial charge is 0.262 e. The molecular formula is C25H24N4O4S2. The zero-order chi connectivity index (χ0) is 25.2. The first kappa shape index (κ1) is 24.4. The van der Waals surface area contributed by atoms with Gasteiger partial charge in [-0.05, 0) is 74.4 Å². The quantitative estimate of drug-likeness (QED) is 0.355. The van der Waals surface area contributed by atoms with Crippen LogP contribution in [-0.2, 0) is 10.0 Å². The molecule has 180 valence electrons. The Hall–Kier alpha value is -3.76. The van der Waals surface area contributed by atoms with E-state index in [9.17, 15) is 13.2 Å². The minimum Gasteiger partial charge on any atom is -0.497 e. The number of nitrogens with zero attached hydrogens (tertiary/aromatic N) is 2. The molecular weight excluding hydrogens is 484 g/mol. The van der Waals surface area contributed by atoms with Crippen molar-refractivity contribution in [3.63, 3.8) is 0 Å². The van der Waals surface area contributed by atoms with Gasteiger partial charge in [-0.3, -0.25) is 14.8 Å². The van der Waals surface area contributed by atoms with Crippen LogP contribution in [-0.4, -0.2) is 31.6 Å². The van der Waals surface area contributed by atoms with Crippen molar-refractivity contribution in [1.29, 1.82) is 0 Å². The van der Waals surface area contributed by atoms with Gasteiger partial charge in [0.25, 0.3) is 15.9 Å². The number of carbonyl (C=O) groups excluding carboxylic acids is 1. The molecule has 1 amide bonds. The third-order valence-corrected chi connectivity index (χ3v) is 7.74. The molecule has 1 aromatic heterocycles. The number of aromatic nitrogens is 2. The molecule has 2 N–H and O–H groups in total. The fourth-order valence-electron chi connectivity index (χ4n) is 3.45. The number of sulfonamides is 1. The van der Waals surface area contributed by atoms with E-state index in [1.165, 1.54) is 17.4 Å². The summed E-state index contributed by atoms with van der Waals surface area (Å²) in [7, 11) is -2.32. The SMILES string of the molecule is COc1ccc(-c2nnc(NC(=O)c3ccc(C)c(S(=O)(=O)Nc4ccc(C)cc4C)c3)s2)cc1. The number of carbonyl (C=O) groups is 1. The number of nitrogens with one attached hydrogen (secondary N) is 2. The number of hydrogen-bond acceptors (Lipinski definition) is 7. The van der Waals surface area contributed by atoms with E-state index in [1.54, 1.807) is 32.2 Å². The van der Waals surface area contributed by atoms with E-state index in [1.807, 2.05) is 50.2 Å². The number of anilines is 2. The molecule has 0 aliphatic rings. The lowest BCUT2D eigenvalue weighted by atomic mass is 10.1. The number of ether oxygens (including phenoxy) is 1. The van der Waals surface area contributed by atoms with Crippen molar-refractivity contribution in [1.82, 2.24) is 10.2 Å². The Bertz CT molecular complexity index is 1500. The Morgan fingerprint density at radius 1 is 0.914 bits per heavy atom. The molecule has 0 spiro atoms. The van der Waals surface area contributed by atoms with Gasteiger partial charge in [-0.1, -0.05) is 35.1 Å². The minimum atomic E-state index is -3.91. The van der Waals surface area contributed by atoms with Gasteiger partial charge in [0.2, 0.25) is 5.13 Å². The molecule has 0 unspecified atom stereocenters. The summed E-state index contributed by atoms with van der Waals surface area (Å²) in [6, 6.07) is 17.3. The number of rotatable bonds is 7. The van der Waals surface area contributed by atoms with Crippen LogP contribution in [0.5, 0.6) is 5.75 Å². The zero-order valence-corrected chi connectivity index (χ0v) is 21.3. The standard InChI is InChI=1S/C25H24N4O4S2/c1-15-5-12-21(17(3)13-15)29-35(31,32)22-14-19(7-6-16(22)2)23(30)26-25-28-27-24(34-25)18-8-10-20(33-4)11-9-18/h5-14,29H,1-4H3,(H,26,28,30). The van der Waals surface area contributed by atoms with Crippen LogP contribution in [0.1, 0.15) is 27.0 Å². The van der Waals surface area contributed by atoms with E-state index in [0.717, 1.165) is 22.4 Å². The number of hydrogen-bond donors (Lipinski definition) is 2. The third kappa shape index (κ3) is 5.50. The summed E-state index contributed by atoms with van der Waals surface area (Å²) in [6.45, 7) is 5.46. The second-order valence-corrected chi connectivity index (χ2v) is 10.6. The van der Waals surface area contributed by atoms with Crippen molar-refractivity contribution in [3.05, 3.63) is 82.9 Å². The number of benzene rings is 3. The van der Waals surface area contributed by atoms with E-state index in [2.05, 4.69) is 20.2 Å². The van der Waals surface area contributed by atoms with Crippen molar-refractivity contribution in [2.75, 3.05) is 17.1 Å². The van der Waals surface area contributed by atoms with Gasteiger partial charge >= 0.3 is 0 Å². The van der Waals surface area contributed by atoms with Crippen molar-refractivity contribution in [2.45, 2.75) is 25.7 Å². The molecule has 0 aliphatic heterocycles. The summed E-state index contributed by atoms with van der Waals surface area (Å²) < 4.78 is 34.0. The molecule has 3 aromatic carbocycles. The summed E-state index contributed by atoms with van der Waals surface area (Å²) >= 11 is 1.21. The first-order valence-electron chi connectivity index (χ1n) is 10.7. The Morgan fingerprint density at radius 3 is 2.34 bits per heavy atom. The Kier molecular flexibility index (Phi) is 6.86. The molecule has 0 radical (unpaired) electrons. The van der Waals surface area contributed by atoms with Crippen LogP contribution >= 0.6 is 11.3 Å². The van der Waals surface area contributed by atoms with Gasteiger partial charge in [-0.2, -0.15) is 0 Å². The van der Waals surface area contributed by atoms with Gasteiger partial charge in [-0.25, -0.2) is 8.42 Å². The van der Waals surface area contributed by atoms with Gasteiger partial charge in [0, 0.05) is 11.1 Å². The number of amides is 1. The van der Waals surface area contributed by atoms with Crippen molar-refractivity contribution in [2.24, 2.45) is 0 Å². The van der Waals surface area contributed by atoms with Gasteiger partial charge < -0.3 is 4.74 Å². The number of methoxy groups -OCH3 is 1. The highest BCUT2D eigenvalue weighted by Crippen LogP contribution is 2.29. The average molecular weight is 509 g/mol. The maximum atomic E-state index is 13.1. The monoisotopic (exact) mass is 508 g/mol. The average Bonchev–Trinajstić information content (AvgIpc) is 3.29. The maximum absolute atomic E-state index is 13.1. The highest BCUT2D eigenvalue weighted by Gasteiger charge is 2.21. The fraction of sp³-hybridized carbons (Fsp3) is 0.160. The van der Waals surface area contributed by atoms with E-state index < -0.39 is 15.9 Å². The molecule has 0 atom stereocenters. The highest BCUT2D eigenvalue weighted by molar-refractivity contribution is 7.92. The van der Waals surface area contributed by atoms with Crippen LogP contribution in [0.4, 0.5) is 10.8 Å². The summed E-state index contributed by atoms with van der Waals surface area (Å²) in [5.41, 5.74) is 3.89. The minimum absolute atomic E-state index is 0.0290. The molecule has 4 rings (SSSR count). The van der Waals surface area contributed by atoms with Crippen molar-refractivity contribution < 1.29 is 17.9 Å². The lowest BCUT2D eigenvalue weighted by Crippen LogP contribution is -2.17. The van der Waals surface area contributed by atoms with E-state index >= 15 is 0 Å². The van der Waals surface area contributed by atoms with Crippen molar-refractivity contribution >= 4 is 38.1 Å². The largest absolute Gasteiger partial charge is 0.497 e. The van der Waals surface area contributed by atoms with Gasteiger partial charge in [0.15, 0.2) is 0 Å². The molecule has 0 saturated carbocycles. The van der Waals surface area contributed by atoms with Crippen LogP contribution < -0.4 is 14.8 Å². The van der Waals surface area contributed by atoms with Crippen LogP contribution in [0.15, 0.2) is 65.6 Å². The summed E-state index contributed by atoms with van der Waals surface area (Å²) in [4.78, 5) is 12.9. The van der Waals surface area contributed by atoms with E-state index in [4.69, 9.17) is 4.74 Å². The fourth-order valence-corrected chi connectivity index (χ4v) is 5.60. The second-order valence-electron chi connectivity index (χ2n) is 8.00. The molecule has 10 heteroatoms. The van der Waals surface area contributed by atoms with Gasteiger partial charge in [0.05, 0.1) is 17.7 Å². The molecule has 0 fully saturated rings. The molecule has 35 heavy (non-hydrogen) atoms. The van der Waals surface area contributed by atoms with Crippen molar-refractivity contribution in [3.8, 4) is 16.3 Å². The molecule has 4 aromatic rings. The predicted molar refractivity (Wildman–Crippen MR) is 138 cm³/mol. The molecule has 1 heterocycles. The lowest BCUT2D eigenvalue weighted by Gasteiger charge is -2.14. The Labute approximate surface area is 208 Å². The van der Waals surface area contributed by atoms with Crippen LogP contribution in [0.3, 0.4) is 0 Å². The van der Waals surface area contributed by atoms with Crippen LogP contribution in [0.25, 0.3) is 10.6 Å².